The summed E-state index contributed by atoms with van der Waals surface area (Å²) in [5, 5.41) is 6.49. The van der Waals surface area contributed by atoms with Crippen molar-refractivity contribution in [3.8, 4) is 0 Å². The lowest BCUT2D eigenvalue weighted by atomic mass is 10.1. The maximum Gasteiger partial charge on any atom is 0.220 e. The molecule has 0 atom stereocenters. The number of hydrogen-bond donors (Lipinski definition) is 1. The van der Waals surface area contributed by atoms with Gasteiger partial charge in [0.25, 0.3) is 0 Å². The number of aromatic nitrogens is 1. The molecule has 3 rings (SSSR count). The van der Waals surface area contributed by atoms with Gasteiger partial charge >= 0.3 is 0 Å². The van der Waals surface area contributed by atoms with Gasteiger partial charge in [0.05, 0.1) is 5.69 Å². The van der Waals surface area contributed by atoms with Crippen LogP contribution >= 0.6 is 0 Å². The lowest BCUT2D eigenvalue weighted by molar-refractivity contribution is -0.121. The van der Waals surface area contributed by atoms with Gasteiger partial charge < -0.3 is 9.84 Å². The minimum absolute atomic E-state index is 0.116. The van der Waals surface area contributed by atoms with E-state index in [9.17, 15) is 9.18 Å². The number of aryl methyl sites for hydroxylation is 1. The van der Waals surface area contributed by atoms with E-state index in [2.05, 4.69) is 10.5 Å². The smallest absolute Gasteiger partial charge is 0.220 e. The van der Waals surface area contributed by atoms with E-state index in [0.717, 1.165) is 5.69 Å². The SMILES string of the molecule is O=C(CCc1ccon1)NCc1cc(C2CC2)ccc1F. The maximum absolute atomic E-state index is 13.7. The van der Waals surface area contributed by atoms with E-state index in [1.54, 1.807) is 6.07 Å². The molecule has 0 radical (unpaired) electrons. The monoisotopic (exact) mass is 288 g/mol. The molecule has 0 spiro atoms. The highest BCUT2D eigenvalue weighted by atomic mass is 19.1. The van der Waals surface area contributed by atoms with Crippen molar-refractivity contribution in [2.75, 3.05) is 0 Å². The van der Waals surface area contributed by atoms with Crippen LogP contribution in [-0.4, -0.2) is 11.1 Å². The zero-order valence-electron chi connectivity index (χ0n) is 11.6. The van der Waals surface area contributed by atoms with E-state index in [-0.39, 0.29) is 18.3 Å². The van der Waals surface area contributed by atoms with Crippen molar-refractivity contribution in [2.45, 2.75) is 38.1 Å². The molecular weight excluding hydrogens is 271 g/mol. The molecule has 1 aromatic carbocycles. The molecule has 1 aromatic heterocycles. The van der Waals surface area contributed by atoms with Crippen LogP contribution in [0.3, 0.4) is 0 Å². The minimum atomic E-state index is -0.267. The van der Waals surface area contributed by atoms with E-state index in [0.29, 0.717) is 24.3 Å². The molecule has 1 saturated carbocycles. The number of carbonyl (C=O) groups is 1. The molecular formula is C16H17FN2O2. The molecule has 1 amide bonds. The number of rotatable bonds is 6. The van der Waals surface area contributed by atoms with E-state index in [1.165, 1.54) is 30.7 Å². The summed E-state index contributed by atoms with van der Waals surface area (Å²) in [6.45, 7) is 0.226. The number of halogens is 1. The summed E-state index contributed by atoms with van der Waals surface area (Å²) >= 11 is 0. The fraction of sp³-hybridized carbons (Fsp3) is 0.375. The third-order valence-electron chi connectivity index (χ3n) is 3.69. The summed E-state index contributed by atoms with van der Waals surface area (Å²) in [5.74, 6) is 0.192. The van der Waals surface area contributed by atoms with Crippen LogP contribution in [0.4, 0.5) is 4.39 Å². The summed E-state index contributed by atoms with van der Waals surface area (Å²) in [7, 11) is 0. The highest BCUT2D eigenvalue weighted by Gasteiger charge is 2.24. The topological polar surface area (TPSA) is 55.1 Å². The van der Waals surface area contributed by atoms with Crippen LogP contribution in [0.2, 0.25) is 0 Å². The molecule has 5 heteroatoms. The van der Waals surface area contributed by atoms with Crippen LogP contribution in [0.25, 0.3) is 0 Å². The van der Waals surface area contributed by atoms with Crippen LogP contribution in [0.5, 0.6) is 0 Å². The number of benzene rings is 1. The average molecular weight is 288 g/mol. The Balaban J connectivity index is 1.52. The number of nitrogens with zero attached hydrogens (tertiary/aromatic N) is 1. The number of amides is 1. The van der Waals surface area contributed by atoms with Gasteiger partial charge in [-0.1, -0.05) is 17.3 Å². The van der Waals surface area contributed by atoms with Crippen molar-refractivity contribution >= 4 is 5.91 Å². The van der Waals surface area contributed by atoms with Crippen molar-refractivity contribution in [3.63, 3.8) is 0 Å². The molecule has 1 heterocycles. The first-order chi connectivity index (χ1) is 10.2. The van der Waals surface area contributed by atoms with E-state index < -0.39 is 0 Å². The normalized spacial score (nSPS) is 14.1. The maximum atomic E-state index is 13.7. The van der Waals surface area contributed by atoms with Crippen molar-refractivity contribution in [2.24, 2.45) is 0 Å². The van der Waals surface area contributed by atoms with E-state index in [1.807, 2.05) is 12.1 Å². The number of carbonyl (C=O) groups excluding carboxylic acids is 1. The Morgan fingerprint density at radius 3 is 2.95 bits per heavy atom. The quantitative estimate of drug-likeness (QED) is 0.889. The first-order valence-corrected chi connectivity index (χ1v) is 7.16. The molecule has 1 N–H and O–H groups in total. The zero-order chi connectivity index (χ0) is 14.7. The van der Waals surface area contributed by atoms with Crippen molar-refractivity contribution in [1.29, 1.82) is 0 Å². The van der Waals surface area contributed by atoms with E-state index >= 15 is 0 Å². The molecule has 0 saturated heterocycles. The fourth-order valence-electron chi connectivity index (χ4n) is 2.29. The third-order valence-corrected chi connectivity index (χ3v) is 3.69. The molecule has 0 bridgehead atoms. The summed E-state index contributed by atoms with van der Waals surface area (Å²) in [5.41, 5.74) is 2.46. The fourth-order valence-corrected chi connectivity index (χ4v) is 2.29. The Labute approximate surface area is 122 Å². The summed E-state index contributed by atoms with van der Waals surface area (Å²) < 4.78 is 18.4. The lowest BCUT2D eigenvalue weighted by Crippen LogP contribution is -2.23. The van der Waals surface area contributed by atoms with Gasteiger partial charge in [-0.25, -0.2) is 4.39 Å². The lowest BCUT2D eigenvalue weighted by Gasteiger charge is -2.08. The average Bonchev–Trinajstić information content (AvgIpc) is 3.20. The van der Waals surface area contributed by atoms with Crippen LogP contribution in [0, 0.1) is 5.82 Å². The summed E-state index contributed by atoms with van der Waals surface area (Å²) in [6.07, 6.45) is 4.67. The molecule has 21 heavy (non-hydrogen) atoms. The summed E-state index contributed by atoms with van der Waals surface area (Å²) in [4.78, 5) is 11.8. The Kier molecular flexibility index (Phi) is 3.99. The first-order valence-electron chi connectivity index (χ1n) is 7.16. The highest BCUT2D eigenvalue weighted by Crippen LogP contribution is 2.40. The predicted octanol–water partition coefficient (Wildman–Crippen LogP) is 2.94. The van der Waals surface area contributed by atoms with Crippen LogP contribution in [0.1, 0.15) is 42.0 Å². The van der Waals surface area contributed by atoms with Crippen molar-refractivity contribution < 1.29 is 13.7 Å². The second kappa shape index (κ2) is 6.08. The molecule has 1 fully saturated rings. The van der Waals surface area contributed by atoms with Crippen LogP contribution in [0.15, 0.2) is 35.1 Å². The molecule has 2 aromatic rings. The Morgan fingerprint density at radius 1 is 1.38 bits per heavy atom. The van der Waals surface area contributed by atoms with Gasteiger partial charge in [0.1, 0.15) is 12.1 Å². The molecule has 1 aliphatic carbocycles. The predicted molar refractivity (Wildman–Crippen MR) is 75.0 cm³/mol. The molecule has 110 valence electrons. The zero-order valence-corrected chi connectivity index (χ0v) is 11.6. The van der Waals surface area contributed by atoms with Gasteiger partial charge in [0, 0.05) is 31.0 Å². The van der Waals surface area contributed by atoms with Crippen LogP contribution < -0.4 is 5.32 Å². The largest absolute Gasteiger partial charge is 0.365 e. The Bertz CT molecular complexity index is 621. The van der Waals surface area contributed by atoms with E-state index in [4.69, 9.17) is 4.52 Å². The molecule has 0 aliphatic heterocycles. The summed E-state index contributed by atoms with van der Waals surface area (Å²) in [6, 6.07) is 6.92. The second-order valence-corrected chi connectivity index (χ2v) is 5.39. The van der Waals surface area contributed by atoms with Gasteiger partial charge in [-0.3, -0.25) is 4.79 Å². The number of nitrogens with one attached hydrogen (secondary N) is 1. The molecule has 0 unspecified atom stereocenters. The first kappa shape index (κ1) is 13.8. The molecule has 1 aliphatic rings. The van der Waals surface area contributed by atoms with Gasteiger partial charge in [-0.05, 0) is 30.4 Å². The number of hydrogen-bond acceptors (Lipinski definition) is 3. The second-order valence-electron chi connectivity index (χ2n) is 5.39. The van der Waals surface area contributed by atoms with Crippen LogP contribution in [-0.2, 0) is 17.8 Å². The van der Waals surface area contributed by atoms with Crippen molar-refractivity contribution in [1.82, 2.24) is 10.5 Å². The highest BCUT2D eigenvalue weighted by molar-refractivity contribution is 5.76. The third kappa shape index (κ3) is 3.68. The molecule has 4 nitrogen and oxygen atoms in total. The minimum Gasteiger partial charge on any atom is -0.365 e. The Morgan fingerprint density at radius 2 is 2.24 bits per heavy atom. The van der Waals surface area contributed by atoms with Crippen molar-refractivity contribution in [3.05, 3.63) is 53.2 Å². The van der Waals surface area contributed by atoms with Gasteiger partial charge in [-0.15, -0.1) is 0 Å². The van der Waals surface area contributed by atoms with Gasteiger partial charge in [0.2, 0.25) is 5.91 Å². The Hall–Kier alpha value is -2.17. The standard InChI is InChI=1S/C16H17FN2O2/c17-15-5-3-12(11-1-2-11)9-13(15)10-18-16(20)6-4-14-7-8-21-19-14/h3,5,7-9,11H,1-2,4,6,10H2,(H,18,20). The van der Waals surface area contributed by atoms with Gasteiger partial charge in [-0.2, -0.15) is 0 Å². The van der Waals surface area contributed by atoms with Gasteiger partial charge in [0.15, 0.2) is 0 Å².